The topological polar surface area (TPSA) is 18.5 Å². The van der Waals surface area contributed by atoms with Crippen LogP contribution in [-0.4, -0.2) is 18.3 Å². The monoisotopic (exact) mass is 256 g/mol. The molecule has 1 saturated carbocycles. The van der Waals surface area contributed by atoms with Crippen LogP contribution >= 0.6 is 0 Å². The Kier molecular flexibility index (Phi) is 2.17. The first-order valence-corrected chi connectivity index (χ1v) is 7.36. The van der Waals surface area contributed by atoms with Gasteiger partial charge in [0.25, 0.3) is 0 Å². The highest BCUT2D eigenvalue weighted by molar-refractivity contribution is 6.62. The van der Waals surface area contributed by atoms with Crippen LogP contribution in [0.15, 0.2) is 18.2 Å². The number of hydrogen-bond donors (Lipinski definition) is 0. The van der Waals surface area contributed by atoms with Crippen LogP contribution in [0, 0.1) is 5.92 Å². The van der Waals surface area contributed by atoms with Crippen molar-refractivity contribution in [3.63, 3.8) is 0 Å². The minimum absolute atomic E-state index is 0.195. The third kappa shape index (κ3) is 1.58. The van der Waals surface area contributed by atoms with Gasteiger partial charge in [0.1, 0.15) is 0 Å². The minimum Gasteiger partial charge on any atom is -0.399 e. The average molecular weight is 256 g/mol. The molecule has 2 aliphatic carbocycles. The molecule has 3 aliphatic rings. The molecule has 2 atom stereocenters. The van der Waals surface area contributed by atoms with Gasteiger partial charge in [0.05, 0.1) is 11.2 Å². The Morgan fingerprint density at radius 2 is 1.79 bits per heavy atom. The summed E-state index contributed by atoms with van der Waals surface area (Å²) in [5.41, 5.74) is 3.84. The molecule has 4 rings (SSSR count). The Morgan fingerprint density at radius 1 is 1.11 bits per heavy atom. The fourth-order valence-corrected chi connectivity index (χ4v) is 3.55. The SMILES string of the molecule is CC1(C)OB(c2cccc3c2C2CC2C3)OC1(C)C. The standard InChI is InChI=1S/C16H21BO2/c1-15(2)16(3,4)19-17(18-15)13-7-5-6-10-8-11-9-12(11)14(10)13/h5-7,11-12H,8-9H2,1-4H3. The average Bonchev–Trinajstić information content (AvgIpc) is 2.92. The van der Waals surface area contributed by atoms with Crippen LogP contribution in [0.4, 0.5) is 0 Å². The lowest BCUT2D eigenvalue weighted by molar-refractivity contribution is 0.00578. The van der Waals surface area contributed by atoms with Gasteiger partial charge in [-0.1, -0.05) is 18.2 Å². The van der Waals surface area contributed by atoms with E-state index in [0.717, 1.165) is 11.8 Å². The molecule has 19 heavy (non-hydrogen) atoms. The van der Waals surface area contributed by atoms with Gasteiger partial charge in [-0.2, -0.15) is 0 Å². The molecule has 3 heteroatoms. The molecular formula is C16H21BO2. The highest BCUT2D eigenvalue weighted by Crippen LogP contribution is 2.55. The predicted octanol–water partition coefficient (Wildman–Crippen LogP) is 2.65. The summed E-state index contributed by atoms with van der Waals surface area (Å²) in [4.78, 5) is 0. The Hall–Kier alpha value is -0.795. The first-order valence-electron chi connectivity index (χ1n) is 7.36. The number of rotatable bonds is 1. The Bertz CT molecular complexity index is 534. The highest BCUT2D eigenvalue weighted by atomic mass is 16.7. The zero-order chi connectivity index (χ0) is 13.4. The summed E-state index contributed by atoms with van der Waals surface area (Å²) < 4.78 is 12.4. The molecule has 2 unspecified atom stereocenters. The van der Waals surface area contributed by atoms with Crippen LogP contribution < -0.4 is 5.46 Å². The van der Waals surface area contributed by atoms with Gasteiger partial charge < -0.3 is 9.31 Å². The second-order valence-corrected chi connectivity index (χ2v) is 7.31. The summed E-state index contributed by atoms with van der Waals surface area (Å²) in [6, 6.07) is 6.63. The molecule has 2 nitrogen and oxygen atoms in total. The van der Waals surface area contributed by atoms with Gasteiger partial charge in [0.2, 0.25) is 0 Å². The van der Waals surface area contributed by atoms with Gasteiger partial charge in [-0.25, -0.2) is 0 Å². The van der Waals surface area contributed by atoms with Crippen molar-refractivity contribution in [2.75, 3.05) is 0 Å². The van der Waals surface area contributed by atoms with Crippen LogP contribution in [-0.2, 0) is 15.7 Å². The summed E-state index contributed by atoms with van der Waals surface area (Å²) in [5.74, 6) is 1.68. The minimum atomic E-state index is -0.248. The van der Waals surface area contributed by atoms with E-state index in [1.807, 2.05) is 0 Å². The summed E-state index contributed by atoms with van der Waals surface area (Å²) in [6.45, 7) is 8.48. The smallest absolute Gasteiger partial charge is 0.399 e. The van der Waals surface area contributed by atoms with Crippen molar-refractivity contribution >= 4 is 12.6 Å². The van der Waals surface area contributed by atoms with Crippen LogP contribution in [0.25, 0.3) is 0 Å². The van der Waals surface area contributed by atoms with Crippen LogP contribution in [0.3, 0.4) is 0 Å². The van der Waals surface area contributed by atoms with Crippen molar-refractivity contribution in [3.05, 3.63) is 29.3 Å². The van der Waals surface area contributed by atoms with E-state index < -0.39 is 0 Å². The van der Waals surface area contributed by atoms with Crippen LogP contribution in [0.2, 0.25) is 0 Å². The van der Waals surface area contributed by atoms with E-state index in [1.54, 1.807) is 0 Å². The maximum absolute atomic E-state index is 6.22. The molecule has 0 aromatic heterocycles. The lowest BCUT2D eigenvalue weighted by Crippen LogP contribution is -2.41. The van der Waals surface area contributed by atoms with Crippen molar-refractivity contribution in [3.8, 4) is 0 Å². The van der Waals surface area contributed by atoms with Gasteiger partial charge >= 0.3 is 7.12 Å². The van der Waals surface area contributed by atoms with E-state index >= 15 is 0 Å². The van der Waals surface area contributed by atoms with Crippen molar-refractivity contribution in [1.29, 1.82) is 0 Å². The second kappa shape index (κ2) is 3.45. The molecule has 0 spiro atoms. The summed E-state index contributed by atoms with van der Waals surface area (Å²) >= 11 is 0. The quantitative estimate of drug-likeness (QED) is 0.719. The highest BCUT2D eigenvalue weighted by Gasteiger charge is 2.54. The van der Waals surface area contributed by atoms with Gasteiger partial charge in [0, 0.05) is 0 Å². The van der Waals surface area contributed by atoms with Gasteiger partial charge in [-0.15, -0.1) is 0 Å². The molecule has 1 aliphatic heterocycles. The van der Waals surface area contributed by atoms with E-state index in [-0.39, 0.29) is 18.3 Å². The summed E-state index contributed by atoms with van der Waals surface area (Å²) in [5, 5.41) is 0. The van der Waals surface area contributed by atoms with Crippen molar-refractivity contribution in [2.24, 2.45) is 5.92 Å². The largest absolute Gasteiger partial charge is 0.495 e. The Morgan fingerprint density at radius 3 is 2.47 bits per heavy atom. The number of hydrogen-bond acceptors (Lipinski definition) is 2. The molecule has 0 bridgehead atoms. The molecule has 0 N–H and O–H groups in total. The molecule has 0 amide bonds. The zero-order valence-corrected chi connectivity index (χ0v) is 12.2. The van der Waals surface area contributed by atoms with Gasteiger partial charge in [-0.05, 0) is 69.0 Å². The third-order valence-electron chi connectivity index (χ3n) is 5.51. The van der Waals surface area contributed by atoms with Gasteiger partial charge in [-0.3, -0.25) is 0 Å². The van der Waals surface area contributed by atoms with E-state index in [9.17, 15) is 0 Å². The van der Waals surface area contributed by atoms with E-state index in [0.29, 0.717) is 0 Å². The number of benzene rings is 1. The zero-order valence-electron chi connectivity index (χ0n) is 12.2. The summed E-state index contributed by atoms with van der Waals surface area (Å²) in [7, 11) is -0.195. The maximum atomic E-state index is 6.22. The Labute approximate surface area is 115 Å². The third-order valence-corrected chi connectivity index (χ3v) is 5.51. The second-order valence-electron chi connectivity index (χ2n) is 7.31. The molecular weight excluding hydrogens is 235 g/mol. The molecule has 1 heterocycles. The fourth-order valence-electron chi connectivity index (χ4n) is 3.55. The molecule has 1 aromatic carbocycles. The van der Waals surface area contributed by atoms with E-state index in [1.165, 1.54) is 29.4 Å². The fraction of sp³-hybridized carbons (Fsp3) is 0.625. The Balaban J connectivity index is 1.74. The first kappa shape index (κ1) is 12.0. The van der Waals surface area contributed by atoms with Crippen molar-refractivity contribution in [1.82, 2.24) is 0 Å². The molecule has 1 aromatic rings. The maximum Gasteiger partial charge on any atom is 0.495 e. The van der Waals surface area contributed by atoms with E-state index in [4.69, 9.17) is 9.31 Å². The molecule has 2 fully saturated rings. The van der Waals surface area contributed by atoms with Gasteiger partial charge in [0.15, 0.2) is 0 Å². The van der Waals surface area contributed by atoms with E-state index in [2.05, 4.69) is 45.9 Å². The molecule has 0 radical (unpaired) electrons. The molecule has 1 saturated heterocycles. The summed E-state index contributed by atoms with van der Waals surface area (Å²) in [6.07, 6.45) is 2.62. The molecule has 100 valence electrons. The number of fused-ring (bicyclic) bond motifs is 3. The lowest BCUT2D eigenvalue weighted by atomic mass is 9.74. The van der Waals surface area contributed by atoms with Crippen LogP contribution in [0.5, 0.6) is 0 Å². The van der Waals surface area contributed by atoms with Crippen molar-refractivity contribution in [2.45, 2.75) is 57.7 Å². The van der Waals surface area contributed by atoms with Crippen LogP contribution in [0.1, 0.15) is 51.2 Å². The normalized spacial score (nSPS) is 33.2. The lowest BCUT2D eigenvalue weighted by Gasteiger charge is -2.32. The predicted molar refractivity (Wildman–Crippen MR) is 76.7 cm³/mol. The first-order chi connectivity index (χ1) is 8.89. The van der Waals surface area contributed by atoms with Crippen molar-refractivity contribution < 1.29 is 9.31 Å².